The van der Waals surface area contributed by atoms with Gasteiger partial charge in [0.1, 0.15) is 9.81 Å². The van der Waals surface area contributed by atoms with Gasteiger partial charge in [0.05, 0.1) is 33.5 Å². The van der Waals surface area contributed by atoms with E-state index >= 15 is 0 Å². The molecule has 1 aromatic rings. The number of ether oxygens (including phenoxy) is 2. The van der Waals surface area contributed by atoms with Gasteiger partial charge in [0.2, 0.25) is 5.91 Å². The summed E-state index contributed by atoms with van der Waals surface area (Å²) in [6.07, 6.45) is 0.344. The fourth-order valence-corrected chi connectivity index (χ4v) is 6.72. The van der Waals surface area contributed by atoms with Gasteiger partial charge in [-0.2, -0.15) is 0 Å². The zero-order valence-corrected chi connectivity index (χ0v) is 22.0. The third kappa shape index (κ3) is 4.63. The number of aryl methyl sites for hydroxylation is 1. The Labute approximate surface area is 208 Å². The van der Waals surface area contributed by atoms with E-state index in [0.717, 1.165) is 22.4 Å². The summed E-state index contributed by atoms with van der Waals surface area (Å²) in [7, 11) is 0. The first-order valence-corrected chi connectivity index (χ1v) is 12.8. The predicted octanol–water partition coefficient (Wildman–Crippen LogP) is 5.39. The van der Waals surface area contributed by atoms with Gasteiger partial charge in [-0.3, -0.25) is 4.79 Å². The van der Waals surface area contributed by atoms with Crippen LogP contribution in [0.4, 0.5) is 5.69 Å². The van der Waals surface area contributed by atoms with Crippen LogP contribution in [0.1, 0.15) is 52.2 Å². The number of rotatable bonds is 5. The molecule has 3 rings (SSSR count). The van der Waals surface area contributed by atoms with Crippen molar-refractivity contribution in [2.24, 2.45) is 0 Å². The molecule has 0 saturated heterocycles. The van der Waals surface area contributed by atoms with Crippen molar-refractivity contribution in [1.82, 2.24) is 0 Å². The summed E-state index contributed by atoms with van der Waals surface area (Å²) >= 11 is 8.28. The molecular weight excluding hydrogens is 478 g/mol. The third-order valence-corrected chi connectivity index (χ3v) is 8.54. The molecule has 0 aromatic heterocycles. The highest BCUT2D eigenvalue weighted by Crippen LogP contribution is 2.56. The molecule has 0 saturated carbocycles. The van der Waals surface area contributed by atoms with Crippen molar-refractivity contribution in [3.8, 4) is 0 Å². The molecule has 33 heavy (non-hydrogen) atoms. The minimum atomic E-state index is -0.774. The van der Waals surface area contributed by atoms with E-state index in [1.165, 1.54) is 23.5 Å². The number of hydrogen-bond acceptors (Lipinski definition) is 8. The summed E-state index contributed by atoms with van der Waals surface area (Å²) in [6.45, 7) is 11.5. The first-order chi connectivity index (χ1) is 15.6. The van der Waals surface area contributed by atoms with Crippen molar-refractivity contribution in [2.45, 2.75) is 53.5 Å². The maximum Gasteiger partial charge on any atom is 0.346 e. The van der Waals surface area contributed by atoms with Gasteiger partial charge < -0.3 is 14.4 Å². The van der Waals surface area contributed by atoms with Crippen LogP contribution < -0.4 is 4.90 Å². The predicted molar refractivity (Wildman–Crippen MR) is 138 cm³/mol. The Morgan fingerprint density at radius 3 is 2.03 bits per heavy atom. The van der Waals surface area contributed by atoms with Crippen LogP contribution in [0.25, 0.3) is 5.57 Å². The van der Waals surface area contributed by atoms with Crippen LogP contribution >= 0.6 is 35.7 Å². The molecule has 0 spiro atoms. The van der Waals surface area contributed by atoms with Crippen LogP contribution in [0.15, 0.2) is 32.2 Å². The summed E-state index contributed by atoms with van der Waals surface area (Å²) in [4.78, 5) is 41.0. The Morgan fingerprint density at radius 2 is 1.55 bits per heavy atom. The second kappa shape index (κ2) is 10.0. The highest BCUT2D eigenvalue weighted by molar-refractivity contribution is 8.29. The van der Waals surface area contributed by atoms with E-state index < -0.39 is 17.5 Å². The molecule has 9 heteroatoms. The minimum Gasteiger partial charge on any atom is -0.462 e. The average Bonchev–Trinajstić information content (AvgIpc) is 3.20. The highest BCUT2D eigenvalue weighted by atomic mass is 32.2. The van der Waals surface area contributed by atoms with E-state index in [1.54, 1.807) is 18.7 Å². The first kappa shape index (κ1) is 25.5. The Bertz CT molecular complexity index is 1070. The molecule has 176 valence electrons. The topological polar surface area (TPSA) is 72.9 Å². The molecule has 0 fully saturated rings. The van der Waals surface area contributed by atoms with Crippen LogP contribution in [-0.2, 0) is 23.9 Å². The molecule has 0 N–H and O–H groups in total. The van der Waals surface area contributed by atoms with Crippen LogP contribution in [-0.4, -0.2) is 41.5 Å². The van der Waals surface area contributed by atoms with Crippen LogP contribution in [0.3, 0.4) is 0 Å². The fraction of sp³-hybridized carbons (Fsp3) is 0.417. The smallest absolute Gasteiger partial charge is 0.346 e. The van der Waals surface area contributed by atoms with Crippen LogP contribution in [0.5, 0.6) is 0 Å². The zero-order chi connectivity index (χ0) is 24.5. The standard InChI is InChI=1S/C24H27NO5S3/c1-7-16(26)25-15-12-13(4)10-11-14(15)17(20(31)24(25,5)6)23-32-18(21(27)29-8-2)19(33-23)22(28)30-9-3/h10-12H,7-9H2,1-6H3. The van der Waals surface area contributed by atoms with Crippen LogP contribution in [0.2, 0.25) is 0 Å². The largest absolute Gasteiger partial charge is 0.462 e. The maximum absolute atomic E-state index is 13.0. The van der Waals surface area contributed by atoms with E-state index in [2.05, 4.69) is 0 Å². The Kier molecular flexibility index (Phi) is 7.76. The van der Waals surface area contributed by atoms with Crippen molar-refractivity contribution in [1.29, 1.82) is 0 Å². The monoisotopic (exact) mass is 505 g/mol. The number of fused-ring (bicyclic) bond motifs is 1. The van der Waals surface area contributed by atoms with Gasteiger partial charge in [-0.25, -0.2) is 9.59 Å². The van der Waals surface area contributed by atoms with Crippen LogP contribution in [0, 0.1) is 6.92 Å². The fourth-order valence-electron chi connectivity index (χ4n) is 3.74. The van der Waals surface area contributed by atoms with Crippen molar-refractivity contribution in [3.63, 3.8) is 0 Å². The quantitative estimate of drug-likeness (QED) is 0.300. The highest BCUT2D eigenvalue weighted by Gasteiger charge is 2.45. The number of benzene rings is 1. The van der Waals surface area contributed by atoms with Crippen molar-refractivity contribution < 1.29 is 23.9 Å². The summed E-state index contributed by atoms with van der Waals surface area (Å²) < 4.78 is 11.1. The summed E-state index contributed by atoms with van der Waals surface area (Å²) in [5.41, 5.74) is 2.56. The SMILES string of the molecule is CCOC(=O)C1=C(C(=O)OCC)SC(=C2C(=S)C(C)(C)N(C(=O)CC)c3cc(C)ccc32)S1. The Hall–Kier alpha value is -2.10. The van der Waals surface area contributed by atoms with Crippen molar-refractivity contribution >= 4 is 69.7 Å². The lowest BCUT2D eigenvalue weighted by molar-refractivity contribution is -0.140. The minimum absolute atomic E-state index is 0.0254. The van der Waals surface area contributed by atoms with Gasteiger partial charge in [0.25, 0.3) is 0 Å². The lowest BCUT2D eigenvalue weighted by Crippen LogP contribution is -2.55. The second-order valence-electron chi connectivity index (χ2n) is 7.96. The summed E-state index contributed by atoms with van der Waals surface area (Å²) in [6, 6.07) is 5.88. The number of anilines is 1. The molecule has 1 aromatic carbocycles. The average molecular weight is 506 g/mol. The molecule has 0 aliphatic carbocycles. The normalized spacial score (nSPS) is 17.3. The molecule has 0 atom stereocenters. The van der Waals surface area contributed by atoms with Gasteiger partial charge >= 0.3 is 11.9 Å². The molecule has 0 unspecified atom stereocenters. The third-order valence-electron chi connectivity index (χ3n) is 5.28. The Morgan fingerprint density at radius 1 is 1.00 bits per heavy atom. The molecule has 0 radical (unpaired) electrons. The molecular formula is C24H27NO5S3. The van der Waals surface area contributed by atoms with Gasteiger partial charge in [-0.15, -0.1) is 0 Å². The lowest BCUT2D eigenvalue weighted by atomic mass is 9.82. The summed E-state index contributed by atoms with van der Waals surface area (Å²) in [5.74, 6) is -1.16. The molecule has 0 bridgehead atoms. The number of amides is 1. The first-order valence-electron chi connectivity index (χ1n) is 10.8. The number of esters is 2. The van der Waals surface area contributed by atoms with E-state index in [9.17, 15) is 14.4 Å². The lowest BCUT2D eigenvalue weighted by Gasteiger charge is -2.45. The number of nitrogens with zero attached hydrogens (tertiary/aromatic N) is 1. The number of carbonyl (C=O) groups is 3. The van der Waals surface area contributed by atoms with E-state index in [-0.39, 0.29) is 28.9 Å². The molecule has 2 heterocycles. The molecule has 1 amide bonds. The van der Waals surface area contributed by atoms with Crippen molar-refractivity contribution in [2.75, 3.05) is 18.1 Å². The van der Waals surface area contributed by atoms with Gasteiger partial charge in [0, 0.05) is 17.6 Å². The number of carbonyl (C=O) groups excluding carboxylic acids is 3. The van der Waals surface area contributed by atoms with Crippen molar-refractivity contribution in [3.05, 3.63) is 43.4 Å². The number of hydrogen-bond donors (Lipinski definition) is 0. The van der Waals surface area contributed by atoms with Gasteiger partial charge in [-0.05, 0) is 46.2 Å². The van der Waals surface area contributed by atoms with Gasteiger partial charge in [0.15, 0.2) is 0 Å². The van der Waals surface area contributed by atoms with E-state index in [4.69, 9.17) is 21.7 Å². The van der Waals surface area contributed by atoms with Gasteiger partial charge in [-0.1, -0.05) is 54.8 Å². The van der Waals surface area contributed by atoms with E-state index in [1.807, 2.05) is 45.9 Å². The van der Waals surface area contributed by atoms with E-state index in [0.29, 0.717) is 15.5 Å². The summed E-state index contributed by atoms with van der Waals surface area (Å²) in [5, 5.41) is 0. The Balaban J connectivity index is 2.22. The number of thioether (sulfide) groups is 2. The molecule has 2 aliphatic heterocycles. The molecule has 2 aliphatic rings. The zero-order valence-electron chi connectivity index (χ0n) is 19.6. The maximum atomic E-state index is 13.0. The number of thiocarbonyl (C=S) groups is 1. The second-order valence-corrected chi connectivity index (χ2v) is 10.7. The molecule has 6 nitrogen and oxygen atoms in total.